The van der Waals surface area contributed by atoms with Gasteiger partial charge in [-0.15, -0.1) is 12.3 Å². The lowest BCUT2D eigenvalue weighted by atomic mass is 10.0. The number of halogens is 2. The molecule has 0 spiro atoms. The van der Waals surface area contributed by atoms with E-state index in [0.29, 0.717) is 18.4 Å². The Kier molecular flexibility index (Phi) is 4.26. The second kappa shape index (κ2) is 5.47. The van der Waals surface area contributed by atoms with Gasteiger partial charge in [-0.1, -0.05) is 0 Å². The molecule has 1 aromatic carbocycles. The lowest BCUT2D eigenvalue weighted by Crippen LogP contribution is -2.27. The van der Waals surface area contributed by atoms with Crippen molar-refractivity contribution in [3.63, 3.8) is 0 Å². The van der Waals surface area contributed by atoms with Crippen LogP contribution in [0, 0.1) is 24.0 Å². The Labute approximate surface area is 88.5 Å². The maximum Gasteiger partial charge on any atom is 0.126 e. The van der Waals surface area contributed by atoms with Crippen LogP contribution in [0.25, 0.3) is 0 Å². The van der Waals surface area contributed by atoms with Gasteiger partial charge in [0.2, 0.25) is 0 Å². The van der Waals surface area contributed by atoms with Gasteiger partial charge < -0.3 is 5.32 Å². The SMILES string of the molecule is C#CCC(Cc1cc(F)cc(F)c1)NC. The second-order valence-corrected chi connectivity index (χ2v) is 3.38. The van der Waals surface area contributed by atoms with Crippen molar-refractivity contribution in [1.29, 1.82) is 0 Å². The van der Waals surface area contributed by atoms with Gasteiger partial charge in [0.15, 0.2) is 0 Å². The first kappa shape index (κ1) is 11.7. The minimum absolute atomic E-state index is 0.0520. The smallest absolute Gasteiger partial charge is 0.126 e. The molecule has 1 atom stereocenters. The third-order valence-corrected chi connectivity index (χ3v) is 2.18. The molecule has 0 amide bonds. The third-order valence-electron chi connectivity index (χ3n) is 2.18. The molecule has 0 heterocycles. The summed E-state index contributed by atoms with van der Waals surface area (Å²) in [7, 11) is 1.78. The van der Waals surface area contributed by atoms with Crippen molar-refractivity contribution in [2.75, 3.05) is 7.05 Å². The van der Waals surface area contributed by atoms with Crippen LogP contribution < -0.4 is 5.32 Å². The molecule has 0 fully saturated rings. The van der Waals surface area contributed by atoms with E-state index in [1.54, 1.807) is 7.05 Å². The van der Waals surface area contributed by atoms with Crippen molar-refractivity contribution >= 4 is 0 Å². The number of hydrogen-bond donors (Lipinski definition) is 1. The van der Waals surface area contributed by atoms with Gasteiger partial charge in [-0.2, -0.15) is 0 Å². The summed E-state index contributed by atoms with van der Waals surface area (Å²) in [5, 5.41) is 3.00. The molecule has 1 N–H and O–H groups in total. The maximum atomic E-state index is 12.9. The first-order valence-electron chi connectivity index (χ1n) is 4.71. The predicted molar refractivity (Wildman–Crippen MR) is 56.4 cm³/mol. The van der Waals surface area contributed by atoms with Gasteiger partial charge in [-0.05, 0) is 31.2 Å². The predicted octanol–water partition coefficient (Wildman–Crippen LogP) is 2.12. The molecule has 0 aliphatic carbocycles. The van der Waals surface area contributed by atoms with E-state index in [2.05, 4.69) is 11.2 Å². The molecule has 0 saturated carbocycles. The Bertz CT molecular complexity index is 348. The van der Waals surface area contributed by atoms with Gasteiger partial charge >= 0.3 is 0 Å². The molecule has 80 valence electrons. The van der Waals surface area contributed by atoms with Crippen LogP contribution in [-0.2, 0) is 6.42 Å². The molecule has 1 rings (SSSR count). The van der Waals surface area contributed by atoms with Crippen LogP contribution in [0.4, 0.5) is 8.78 Å². The number of nitrogens with one attached hydrogen (secondary N) is 1. The Morgan fingerprint density at radius 3 is 2.40 bits per heavy atom. The lowest BCUT2D eigenvalue weighted by molar-refractivity contribution is 0.554. The van der Waals surface area contributed by atoms with E-state index in [1.165, 1.54) is 12.1 Å². The van der Waals surface area contributed by atoms with Crippen molar-refractivity contribution in [2.45, 2.75) is 18.9 Å². The summed E-state index contributed by atoms with van der Waals surface area (Å²) in [5.74, 6) is 1.41. The highest BCUT2D eigenvalue weighted by Crippen LogP contribution is 2.11. The summed E-state index contributed by atoms with van der Waals surface area (Å²) in [6.07, 6.45) is 6.24. The van der Waals surface area contributed by atoms with E-state index >= 15 is 0 Å². The number of likely N-dealkylation sites (N-methyl/N-ethyl adjacent to an activating group) is 1. The zero-order valence-corrected chi connectivity index (χ0v) is 8.56. The topological polar surface area (TPSA) is 12.0 Å². The third kappa shape index (κ3) is 3.69. The van der Waals surface area contributed by atoms with Gasteiger partial charge in [-0.3, -0.25) is 0 Å². The Morgan fingerprint density at radius 2 is 1.93 bits per heavy atom. The Hall–Kier alpha value is -1.40. The summed E-state index contributed by atoms with van der Waals surface area (Å²) in [6.45, 7) is 0. The Balaban J connectivity index is 2.75. The quantitative estimate of drug-likeness (QED) is 0.749. The molecular formula is C12H13F2N. The average molecular weight is 209 g/mol. The summed E-state index contributed by atoms with van der Waals surface area (Å²) in [4.78, 5) is 0. The normalized spacial score (nSPS) is 12.1. The first-order chi connectivity index (χ1) is 7.15. The highest BCUT2D eigenvalue weighted by molar-refractivity contribution is 5.19. The number of hydrogen-bond acceptors (Lipinski definition) is 1. The number of rotatable bonds is 4. The standard InChI is InChI=1S/C12H13F2N/c1-3-4-12(15-2)7-9-5-10(13)8-11(14)6-9/h1,5-6,8,12,15H,4,7H2,2H3. The summed E-state index contributed by atoms with van der Waals surface area (Å²) >= 11 is 0. The lowest BCUT2D eigenvalue weighted by Gasteiger charge is -2.13. The van der Waals surface area contributed by atoms with Crippen LogP contribution in [0.1, 0.15) is 12.0 Å². The number of terminal acetylenes is 1. The van der Waals surface area contributed by atoms with E-state index in [9.17, 15) is 8.78 Å². The van der Waals surface area contributed by atoms with Crippen LogP contribution in [0.3, 0.4) is 0 Å². The average Bonchev–Trinajstić information content (AvgIpc) is 2.15. The summed E-state index contributed by atoms with van der Waals surface area (Å²) in [6, 6.07) is 3.56. The van der Waals surface area contributed by atoms with Crippen molar-refractivity contribution in [3.8, 4) is 12.3 Å². The molecule has 0 aliphatic rings. The summed E-state index contributed by atoms with van der Waals surface area (Å²) in [5.41, 5.74) is 0.613. The van der Waals surface area contributed by atoms with Crippen LogP contribution in [0.5, 0.6) is 0 Å². The fraction of sp³-hybridized carbons (Fsp3) is 0.333. The van der Waals surface area contributed by atoms with E-state index in [0.717, 1.165) is 6.07 Å². The van der Waals surface area contributed by atoms with E-state index < -0.39 is 11.6 Å². The minimum Gasteiger partial charge on any atom is -0.316 e. The van der Waals surface area contributed by atoms with Gasteiger partial charge in [0.1, 0.15) is 11.6 Å². The van der Waals surface area contributed by atoms with Crippen molar-refractivity contribution in [2.24, 2.45) is 0 Å². The zero-order chi connectivity index (χ0) is 11.3. The Morgan fingerprint density at radius 1 is 1.33 bits per heavy atom. The zero-order valence-electron chi connectivity index (χ0n) is 8.56. The fourth-order valence-electron chi connectivity index (χ4n) is 1.43. The van der Waals surface area contributed by atoms with Crippen LogP contribution in [0.2, 0.25) is 0 Å². The summed E-state index contributed by atoms with van der Waals surface area (Å²) < 4.78 is 25.7. The molecule has 0 bridgehead atoms. The highest BCUT2D eigenvalue weighted by Gasteiger charge is 2.07. The molecular weight excluding hydrogens is 196 g/mol. The van der Waals surface area contributed by atoms with E-state index in [1.807, 2.05) is 0 Å². The van der Waals surface area contributed by atoms with Crippen molar-refractivity contribution in [1.82, 2.24) is 5.32 Å². The van der Waals surface area contributed by atoms with Gasteiger partial charge in [0.25, 0.3) is 0 Å². The van der Waals surface area contributed by atoms with Gasteiger partial charge in [0.05, 0.1) is 0 Å². The molecule has 0 radical (unpaired) electrons. The molecule has 0 aliphatic heterocycles. The van der Waals surface area contributed by atoms with Gasteiger partial charge in [-0.25, -0.2) is 8.78 Å². The highest BCUT2D eigenvalue weighted by atomic mass is 19.1. The van der Waals surface area contributed by atoms with E-state index in [-0.39, 0.29) is 6.04 Å². The van der Waals surface area contributed by atoms with Crippen LogP contribution in [-0.4, -0.2) is 13.1 Å². The van der Waals surface area contributed by atoms with Gasteiger partial charge in [0, 0.05) is 18.5 Å². The first-order valence-corrected chi connectivity index (χ1v) is 4.71. The maximum absolute atomic E-state index is 12.9. The minimum atomic E-state index is -0.555. The van der Waals surface area contributed by atoms with Crippen molar-refractivity contribution < 1.29 is 8.78 Å². The van der Waals surface area contributed by atoms with Crippen LogP contribution in [0.15, 0.2) is 18.2 Å². The molecule has 1 unspecified atom stereocenters. The number of benzene rings is 1. The van der Waals surface area contributed by atoms with Crippen molar-refractivity contribution in [3.05, 3.63) is 35.4 Å². The molecule has 0 saturated heterocycles. The molecule has 1 nitrogen and oxygen atoms in total. The molecule has 15 heavy (non-hydrogen) atoms. The molecule has 0 aromatic heterocycles. The largest absolute Gasteiger partial charge is 0.316 e. The fourth-order valence-corrected chi connectivity index (χ4v) is 1.43. The monoisotopic (exact) mass is 209 g/mol. The van der Waals surface area contributed by atoms with Crippen LogP contribution >= 0.6 is 0 Å². The second-order valence-electron chi connectivity index (χ2n) is 3.38. The molecule has 1 aromatic rings. The van der Waals surface area contributed by atoms with E-state index in [4.69, 9.17) is 6.42 Å². The molecule has 3 heteroatoms.